The summed E-state index contributed by atoms with van der Waals surface area (Å²) in [6.07, 6.45) is 2.54. The van der Waals surface area contributed by atoms with Crippen LogP contribution in [-0.2, 0) is 9.53 Å². The Hall–Kier alpha value is -0.260. The normalized spacial score (nSPS) is 25.8. The minimum Gasteiger partial charge on any atom is -0.383 e. The molecule has 0 aromatic rings. The average molecular weight is 272 g/mol. The third-order valence-electron chi connectivity index (χ3n) is 3.83. The van der Waals surface area contributed by atoms with Gasteiger partial charge in [-0.25, -0.2) is 0 Å². The van der Waals surface area contributed by atoms with Crippen LogP contribution >= 0.6 is 11.8 Å². The van der Waals surface area contributed by atoms with Crippen molar-refractivity contribution in [3.63, 3.8) is 0 Å². The third-order valence-corrected chi connectivity index (χ3v) is 4.90. The summed E-state index contributed by atoms with van der Waals surface area (Å²) in [6.45, 7) is 4.47. The van der Waals surface area contributed by atoms with Gasteiger partial charge in [-0.15, -0.1) is 0 Å². The SMILES string of the molecule is COCCN(C(=O)C1CSCCN1)C(C)C1CC1. The van der Waals surface area contributed by atoms with Gasteiger partial charge in [-0.05, 0) is 25.7 Å². The predicted octanol–water partition coefficient (Wildman–Crippen LogP) is 0.965. The van der Waals surface area contributed by atoms with Crippen LogP contribution < -0.4 is 5.32 Å². The van der Waals surface area contributed by atoms with E-state index in [0.717, 1.165) is 24.6 Å². The lowest BCUT2D eigenvalue weighted by Gasteiger charge is -2.34. The maximum Gasteiger partial charge on any atom is 0.240 e. The van der Waals surface area contributed by atoms with E-state index in [0.29, 0.717) is 18.6 Å². The number of hydrogen-bond donors (Lipinski definition) is 1. The highest BCUT2D eigenvalue weighted by atomic mass is 32.2. The van der Waals surface area contributed by atoms with Crippen molar-refractivity contribution in [2.75, 3.05) is 38.3 Å². The second-order valence-corrected chi connectivity index (χ2v) is 6.33. The van der Waals surface area contributed by atoms with Crippen molar-refractivity contribution in [1.82, 2.24) is 10.2 Å². The molecule has 0 aromatic carbocycles. The Labute approximate surface area is 114 Å². The van der Waals surface area contributed by atoms with Gasteiger partial charge in [0.1, 0.15) is 0 Å². The Morgan fingerprint density at radius 3 is 2.89 bits per heavy atom. The second-order valence-electron chi connectivity index (χ2n) is 5.18. The second kappa shape index (κ2) is 6.78. The molecule has 0 aromatic heterocycles. The first kappa shape index (κ1) is 14.2. The molecule has 4 nitrogen and oxygen atoms in total. The highest BCUT2D eigenvalue weighted by Crippen LogP contribution is 2.35. The van der Waals surface area contributed by atoms with Gasteiger partial charge in [0.25, 0.3) is 0 Å². The molecule has 104 valence electrons. The van der Waals surface area contributed by atoms with Gasteiger partial charge in [-0.1, -0.05) is 0 Å². The number of hydrogen-bond acceptors (Lipinski definition) is 4. The summed E-state index contributed by atoms with van der Waals surface area (Å²) in [6, 6.07) is 0.364. The van der Waals surface area contributed by atoms with E-state index >= 15 is 0 Å². The van der Waals surface area contributed by atoms with E-state index in [9.17, 15) is 4.79 Å². The fourth-order valence-electron chi connectivity index (χ4n) is 2.46. The Morgan fingerprint density at radius 2 is 2.33 bits per heavy atom. The number of methoxy groups -OCH3 is 1. The maximum atomic E-state index is 12.6. The highest BCUT2D eigenvalue weighted by Gasteiger charge is 2.36. The van der Waals surface area contributed by atoms with Crippen LogP contribution in [0.2, 0.25) is 0 Å². The molecule has 2 aliphatic rings. The Morgan fingerprint density at radius 1 is 1.56 bits per heavy atom. The molecule has 1 N–H and O–H groups in total. The summed E-state index contributed by atoms with van der Waals surface area (Å²) in [5.41, 5.74) is 0. The van der Waals surface area contributed by atoms with E-state index in [-0.39, 0.29) is 11.9 Å². The first-order valence-electron chi connectivity index (χ1n) is 6.84. The zero-order chi connectivity index (χ0) is 13.0. The van der Waals surface area contributed by atoms with Crippen LogP contribution in [0.4, 0.5) is 0 Å². The van der Waals surface area contributed by atoms with Gasteiger partial charge in [0.15, 0.2) is 0 Å². The molecule has 1 heterocycles. The minimum atomic E-state index is 0.00167. The largest absolute Gasteiger partial charge is 0.383 e. The smallest absolute Gasteiger partial charge is 0.240 e. The number of ether oxygens (including phenoxy) is 1. The van der Waals surface area contributed by atoms with Gasteiger partial charge in [0.05, 0.1) is 12.6 Å². The van der Waals surface area contributed by atoms with E-state index in [1.54, 1.807) is 7.11 Å². The number of thioether (sulfide) groups is 1. The van der Waals surface area contributed by atoms with Crippen LogP contribution in [0.3, 0.4) is 0 Å². The van der Waals surface area contributed by atoms with Crippen LogP contribution in [0, 0.1) is 5.92 Å². The van der Waals surface area contributed by atoms with Crippen LogP contribution in [0.15, 0.2) is 0 Å². The van der Waals surface area contributed by atoms with Crippen LogP contribution in [-0.4, -0.2) is 61.2 Å². The van der Waals surface area contributed by atoms with Gasteiger partial charge in [-0.3, -0.25) is 4.79 Å². The van der Waals surface area contributed by atoms with Crippen LogP contribution in [0.5, 0.6) is 0 Å². The minimum absolute atomic E-state index is 0.00167. The summed E-state index contributed by atoms with van der Waals surface area (Å²) in [7, 11) is 1.69. The molecular formula is C13H24N2O2S. The summed E-state index contributed by atoms with van der Waals surface area (Å²) >= 11 is 1.87. The van der Waals surface area contributed by atoms with E-state index in [1.165, 1.54) is 12.8 Å². The van der Waals surface area contributed by atoms with E-state index in [1.807, 2.05) is 16.7 Å². The number of rotatable bonds is 6. The van der Waals surface area contributed by atoms with Gasteiger partial charge < -0.3 is 15.0 Å². The molecule has 0 spiro atoms. The molecular weight excluding hydrogens is 248 g/mol. The highest BCUT2D eigenvalue weighted by molar-refractivity contribution is 7.99. The average Bonchev–Trinajstić information content (AvgIpc) is 3.24. The van der Waals surface area contributed by atoms with Gasteiger partial charge in [0.2, 0.25) is 5.91 Å². The molecule has 0 bridgehead atoms. The first-order valence-corrected chi connectivity index (χ1v) is 8.00. The summed E-state index contributed by atoms with van der Waals surface area (Å²) in [4.78, 5) is 14.6. The fourth-order valence-corrected chi connectivity index (χ4v) is 3.39. The molecule has 1 aliphatic heterocycles. The number of carbonyl (C=O) groups excluding carboxylic acids is 1. The first-order chi connectivity index (χ1) is 8.74. The van der Waals surface area contributed by atoms with Crippen LogP contribution in [0.1, 0.15) is 19.8 Å². The number of nitrogens with one attached hydrogen (secondary N) is 1. The van der Waals surface area contributed by atoms with Crippen molar-refractivity contribution in [2.45, 2.75) is 31.8 Å². The van der Waals surface area contributed by atoms with Crippen molar-refractivity contribution in [2.24, 2.45) is 5.92 Å². The van der Waals surface area contributed by atoms with Gasteiger partial charge in [0, 0.05) is 37.7 Å². The summed E-state index contributed by atoms with van der Waals surface area (Å²) in [5, 5.41) is 3.34. The lowest BCUT2D eigenvalue weighted by atomic mass is 10.1. The van der Waals surface area contributed by atoms with Crippen molar-refractivity contribution in [3.8, 4) is 0 Å². The number of carbonyl (C=O) groups is 1. The molecule has 1 saturated heterocycles. The van der Waals surface area contributed by atoms with Crippen LogP contribution in [0.25, 0.3) is 0 Å². The molecule has 1 aliphatic carbocycles. The van der Waals surface area contributed by atoms with Gasteiger partial charge >= 0.3 is 0 Å². The molecule has 2 atom stereocenters. The molecule has 0 radical (unpaired) electrons. The Kier molecular flexibility index (Phi) is 5.33. The van der Waals surface area contributed by atoms with E-state index in [2.05, 4.69) is 12.2 Å². The predicted molar refractivity (Wildman–Crippen MR) is 74.9 cm³/mol. The maximum absolute atomic E-state index is 12.6. The van der Waals surface area contributed by atoms with Crippen molar-refractivity contribution in [1.29, 1.82) is 0 Å². The molecule has 1 amide bonds. The molecule has 1 saturated carbocycles. The van der Waals surface area contributed by atoms with E-state index in [4.69, 9.17) is 4.74 Å². The standard InChI is InChI=1S/C13H24N2O2S/c1-10(11-3-4-11)15(6-7-17-2)13(16)12-9-18-8-5-14-12/h10-12,14H,3-9H2,1-2H3. The third kappa shape index (κ3) is 3.62. The zero-order valence-electron chi connectivity index (χ0n) is 11.4. The lowest BCUT2D eigenvalue weighted by Crippen LogP contribution is -2.54. The Balaban J connectivity index is 1.94. The number of amides is 1. The van der Waals surface area contributed by atoms with E-state index < -0.39 is 0 Å². The topological polar surface area (TPSA) is 41.6 Å². The lowest BCUT2D eigenvalue weighted by molar-refractivity contribution is -0.136. The Bertz CT molecular complexity index is 278. The summed E-state index contributed by atoms with van der Waals surface area (Å²) in [5.74, 6) is 2.99. The van der Waals surface area contributed by atoms with Gasteiger partial charge in [-0.2, -0.15) is 11.8 Å². The number of nitrogens with zero attached hydrogens (tertiary/aromatic N) is 1. The molecule has 2 unspecified atom stereocenters. The fraction of sp³-hybridized carbons (Fsp3) is 0.923. The van der Waals surface area contributed by atoms with Crippen molar-refractivity contribution in [3.05, 3.63) is 0 Å². The summed E-state index contributed by atoms with van der Waals surface area (Å²) < 4.78 is 5.14. The van der Waals surface area contributed by atoms with Crippen molar-refractivity contribution < 1.29 is 9.53 Å². The quantitative estimate of drug-likeness (QED) is 0.782. The molecule has 2 fully saturated rings. The van der Waals surface area contributed by atoms with Crippen molar-refractivity contribution >= 4 is 17.7 Å². The zero-order valence-corrected chi connectivity index (χ0v) is 12.2. The molecule has 2 rings (SSSR count). The molecule has 18 heavy (non-hydrogen) atoms. The monoisotopic (exact) mass is 272 g/mol. The molecule has 5 heteroatoms.